The van der Waals surface area contributed by atoms with E-state index in [0.29, 0.717) is 32.2 Å². The van der Waals surface area contributed by atoms with Crippen LogP contribution in [0.2, 0.25) is 0 Å². The number of ether oxygens (including phenoxy) is 1. The number of rotatable bonds is 10. The molecule has 2 aliphatic rings. The Morgan fingerprint density at radius 2 is 2.21 bits per heavy atom. The fourth-order valence-electron chi connectivity index (χ4n) is 2.86. The highest BCUT2D eigenvalue weighted by molar-refractivity contribution is 5.80. The number of aliphatic hydroxyl groups excluding tert-OH is 1. The van der Waals surface area contributed by atoms with E-state index in [4.69, 9.17) is 4.74 Å². The van der Waals surface area contributed by atoms with Crippen molar-refractivity contribution in [3.63, 3.8) is 0 Å². The lowest BCUT2D eigenvalue weighted by molar-refractivity contribution is -0.121. The SMILES string of the molecule is CCNC(=NCC1(CCO)CCOC1)NCCCC(=O)NC1CC1. The highest BCUT2D eigenvalue weighted by Crippen LogP contribution is 2.32. The summed E-state index contributed by atoms with van der Waals surface area (Å²) in [4.78, 5) is 16.3. The van der Waals surface area contributed by atoms with E-state index in [-0.39, 0.29) is 17.9 Å². The Morgan fingerprint density at radius 1 is 1.38 bits per heavy atom. The second-order valence-electron chi connectivity index (χ2n) is 6.84. The van der Waals surface area contributed by atoms with Crippen LogP contribution in [0.25, 0.3) is 0 Å². The molecule has 2 fully saturated rings. The van der Waals surface area contributed by atoms with Gasteiger partial charge in [0.05, 0.1) is 13.2 Å². The number of aliphatic imine (C=N–C) groups is 1. The van der Waals surface area contributed by atoms with E-state index >= 15 is 0 Å². The lowest BCUT2D eigenvalue weighted by Crippen LogP contribution is -2.39. The van der Waals surface area contributed by atoms with E-state index in [1.807, 2.05) is 6.92 Å². The van der Waals surface area contributed by atoms with Gasteiger partial charge in [-0.05, 0) is 39.0 Å². The number of hydrogen-bond donors (Lipinski definition) is 4. The average Bonchev–Trinajstić information content (AvgIpc) is 3.25. The van der Waals surface area contributed by atoms with Crippen molar-refractivity contribution < 1.29 is 14.6 Å². The molecule has 7 heteroatoms. The van der Waals surface area contributed by atoms with Crippen LogP contribution in [0, 0.1) is 5.41 Å². The molecule has 0 aromatic heterocycles. The molecule has 0 aromatic rings. The van der Waals surface area contributed by atoms with Gasteiger partial charge in [0.2, 0.25) is 5.91 Å². The number of hydrogen-bond acceptors (Lipinski definition) is 4. The van der Waals surface area contributed by atoms with E-state index in [1.165, 1.54) is 0 Å². The summed E-state index contributed by atoms with van der Waals surface area (Å²) in [5.74, 6) is 0.913. The summed E-state index contributed by atoms with van der Waals surface area (Å²) in [5, 5.41) is 18.8. The summed E-state index contributed by atoms with van der Waals surface area (Å²) in [6, 6.07) is 0.431. The first kappa shape index (κ1) is 19.0. The Labute approximate surface area is 144 Å². The van der Waals surface area contributed by atoms with Crippen LogP contribution >= 0.6 is 0 Å². The van der Waals surface area contributed by atoms with E-state index in [9.17, 15) is 9.90 Å². The first-order valence-corrected chi connectivity index (χ1v) is 9.17. The summed E-state index contributed by atoms with van der Waals surface area (Å²) in [7, 11) is 0. The molecule has 1 aliphatic carbocycles. The van der Waals surface area contributed by atoms with Gasteiger partial charge < -0.3 is 25.8 Å². The van der Waals surface area contributed by atoms with Crippen LogP contribution in [-0.2, 0) is 9.53 Å². The summed E-state index contributed by atoms with van der Waals surface area (Å²) in [5.41, 5.74) is -0.0404. The molecule has 138 valence electrons. The van der Waals surface area contributed by atoms with Gasteiger partial charge in [-0.2, -0.15) is 0 Å². The normalized spacial score (nSPS) is 24.0. The predicted molar refractivity (Wildman–Crippen MR) is 94.0 cm³/mol. The molecular formula is C17H32N4O3. The van der Waals surface area contributed by atoms with Gasteiger partial charge in [0.15, 0.2) is 5.96 Å². The zero-order valence-corrected chi connectivity index (χ0v) is 14.8. The molecule has 1 saturated heterocycles. The van der Waals surface area contributed by atoms with Crippen molar-refractivity contribution in [1.29, 1.82) is 0 Å². The predicted octanol–water partition coefficient (Wildman–Crippen LogP) is 0.389. The van der Waals surface area contributed by atoms with Gasteiger partial charge >= 0.3 is 0 Å². The lowest BCUT2D eigenvalue weighted by atomic mass is 9.84. The number of nitrogens with one attached hydrogen (secondary N) is 3. The zero-order valence-electron chi connectivity index (χ0n) is 14.8. The van der Waals surface area contributed by atoms with Crippen molar-refractivity contribution >= 4 is 11.9 Å². The van der Waals surface area contributed by atoms with Gasteiger partial charge in [0.1, 0.15) is 0 Å². The molecule has 0 spiro atoms. The summed E-state index contributed by atoms with van der Waals surface area (Å²) in [6.45, 7) is 5.75. The number of nitrogens with zero attached hydrogens (tertiary/aromatic N) is 1. The summed E-state index contributed by atoms with van der Waals surface area (Å²) in [6.07, 6.45) is 5.25. The third kappa shape index (κ3) is 6.65. The highest BCUT2D eigenvalue weighted by Gasteiger charge is 2.34. The van der Waals surface area contributed by atoms with Gasteiger partial charge in [0, 0.05) is 44.2 Å². The Balaban J connectivity index is 1.71. The molecule has 24 heavy (non-hydrogen) atoms. The van der Waals surface area contributed by atoms with E-state index in [2.05, 4.69) is 20.9 Å². The average molecular weight is 340 g/mol. The molecule has 2 rings (SSSR count). The maximum atomic E-state index is 11.7. The van der Waals surface area contributed by atoms with E-state index in [0.717, 1.165) is 51.2 Å². The Morgan fingerprint density at radius 3 is 2.83 bits per heavy atom. The Hall–Kier alpha value is -1.34. The first-order valence-electron chi connectivity index (χ1n) is 9.17. The molecule has 0 aromatic carbocycles. The lowest BCUT2D eigenvalue weighted by Gasteiger charge is -2.24. The van der Waals surface area contributed by atoms with Crippen molar-refractivity contribution in [2.45, 2.75) is 51.5 Å². The first-order chi connectivity index (χ1) is 11.7. The molecular weight excluding hydrogens is 308 g/mol. The largest absolute Gasteiger partial charge is 0.396 e. The van der Waals surface area contributed by atoms with Gasteiger partial charge in [-0.25, -0.2) is 0 Å². The van der Waals surface area contributed by atoms with Crippen LogP contribution in [0.3, 0.4) is 0 Å². The van der Waals surface area contributed by atoms with Crippen molar-refractivity contribution in [2.24, 2.45) is 10.4 Å². The molecule has 1 aliphatic heterocycles. The van der Waals surface area contributed by atoms with Gasteiger partial charge in [-0.15, -0.1) is 0 Å². The number of guanidine groups is 1. The molecule has 0 radical (unpaired) electrons. The molecule has 1 heterocycles. The number of aliphatic hydroxyl groups is 1. The topological polar surface area (TPSA) is 95.0 Å². The van der Waals surface area contributed by atoms with Gasteiger partial charge in [-0.1, -0.05) is 0 Å². The minimum atomic E-state index is -0.0404. The number of carbonyl (C=O) groups excluding carboxylic acids is 1. The number of amides is 1. The number of carbonyl (C=O) groups is 1. The third-order valence-electron chi connectivity index (χ3n) is 4.56. The fraction of sp³-hybridized carbons (Fsp3) is 0.882. The minimum Gasteiger partial charge on any atom is -0.396 e. The molecule has 1 unspecified atom stereocenters. The van der Waals surface area contributed by atoms with Gasteiger partial charge in [0.25, 0.3) is 0 Å². The second kappa shape index (κ2) is 9.84. The van der Waals surface area contributed by atoms with Crippen LogP contribution in [0.4, 0.5) is 0 Å². The highest BCUT2D eigenvalue weighted by atomic mass is 16.5. The fourth-order valence-corrected chi connectivity index (χ4v) is 2.86. The van der Waals surface area contributed by atoms with Gasteiger partial charge in [-0.3, -0.25) is 9.79 Å². The second-order valence-corrected chi connectivity index (χ2v) is 6.84. The third-order valence-corrected chi connectivity index (χ3v) is 4.56. The maximum absolute atomic E-state index is 11.7. The molecule has 1 atom stereocenters. The zero-order chi connectivity index (χ0) is 17.3. The van der Waals surface area contributed by atoms with E-state index < -0.39 is 0 Å². The quantitative estimate of drug-likeness (QED) is 0.262. The van der Waals surface area contributed by atoms with Crippen LogP contribution in [0.1, 0.15) is 45.4 Å². The molecule has 7 nitrogen and oxygen atoms in total. The standard InChI is InChI=1S/C17H32N4O3/c1-2-18-16(19-9-3-4-15(23)21-14-5-6-14)20-12-17(7-10-22)8-11-24-13-17/h14,22H,2-13H2,1H3,(H,21,23)(H2,18,19,20). The van der Waals surface area contributed by atoms with Crippen LogP contribution in [0.5, 0.6) is 0 Å². The molecule has 0 bridgehead atoms. The Bertz CT molecular complexity index is 418. The smallest absolute Gasteiger partial charge is 0.220 e. The molecule has 1 amide bonds. The maximum Gasteiger partial charge on any atom is 0.220 e. The van der Waals surface area contributed by atoms with Crippen molar-refractivity contribution in [3.8, 4) is 0 Å². The van der Waals surface area contributed by atoms with Crippen LogP contribution < -0.4 is 16.0 Å². The molecule has 4 N–H and O–H groups in total. The summed E-state index contributed by atoms with van der Waals surface area (Å²) < 4.78 is 5.50. The van der Waals surface area contributed by atoms with Crippen molar-refractivity contribution in [2.75, 3.05) is 39.5 Å². The van der Waals surface area contributed by atoms with Crippen molar-refractivity contribution in [3.05, 3.63) is 0 Å². The minimum absolute atomic E-state index is 0.0404. The van der Waals surface area contributed by atoms with Crippen LogP contribution in [0.15, 0.2) is 4.99 Å². The summed E-state index contributed by atoms with van der Waals surface area (Å²) >= 11 is 0. The van der Waals surface area contributed by atoms with E-state index in [1.54, 1.807) is 0 Å². The Kier molecular flexibility index (Phi) is 7.78. The van der Waals surface area contributed by atoms with Crippen molar-refractivity contribution in [1.82, 2.24) is 16.0 Å². The monoisotopic (exact) mass is 340 g/mol. The molecule has 1 saturated carbocycles. The van der Waals surface area contributed by atoms with Crippen LogP contribution in [-0.4, -0.2) is 62.5 Å².